The van der Waals surface area contributed by atoms with Gasteiger partial charge in [-0.05, 0) is 18.1 Å². The van der Waals surface area contributed by atoms with Gasteiger partial charge >= 0.3 is 0 Å². The number of benzene rings is 1. The molecule has 2 aliphatic heterocycles. The molecule has 0 aliphatic carbocycles. The van der Waals surface area contributed by atoms with Gasteiger partial charge < -0.3 is 4.90 Å². The molecular formula is C17H21ClN2O3S2. The third-order valence-electron chi connectivity index (χ3n) is 4.44. The largest absolute Gasteiger partial charge is 0.342 e. The van der Waals surface area contributed by atoms with Crippen molar-refractivity contribution in [2.45, 2.75) is 44.0 Å². The summed E-state index contributed by atoms with van der Waals surface area (Å²) in [4.78, 5) is 18.3. The van der Waals surface area contributed by atoms with Crippen molar-refractivity contribution < 1.29 is 13.2 Å². The number of hydrogen-bond acceptors (Lipinski definition) is 4. The zero-order valence-electron chi connectivity index (χ0n) is 14.0. The molecule has 0 N–H and O–H groups in total. The number of nitrogens with zero attached hydrogens (tertiary/aromatic N) is 2. The number of fused-ring (bicyclic) bond motifs is 1. The van der Waals surface area contributed by atoms with Gasteiger partial charge in [-0.3, -0.25) is 4.79 Å². The number of unbranched alkanes of at least 4 members (excludes halogenated alkanes) is 1. The smallest absolute Gasteiger partial charge is 0.248 e. The van der Waals surface area contributed by atoms with Crippen LogP contribution in [-0.4, -0.2) is 47.2 Å². The first-order chi connectivity index (χ1) is 11.9. The van der Waals surface area contributed by atoms with Gasteiger partial charge in [0.1, 0.15) is 0 Å². The summed E-state index contributed by atoms with van der Waals surface area (Å²) in [5, 5.41) is 1.20. The maximum absolute atomic E-state index is 12.1. The second kappa shape index (κ2) is 7.68. The molecule has 2 aliphatic rings. The zero-order chi connectivity index (χ0) is 18.0. The van der Waals surface area contributed by atoms with Crippen LogP contribution in [0.3, 0.4) is 0 Å². The molecule has 2 heterocycles. The lowest BCUT2D eigenvalue weighted by molar-refractivity contribution is -0.117. The SMILES string of the molecule is CCCCC(=O)N=C1S[C@@H]2CS(=O)(=O)C[C@H]2N1Cc1ccccc1Cl. The van der Waals surface area contributed by atoms with Crippen LogP contribution in [0.4, 0.5) is 0 Å². The van der Waals surface area contributed by atoms with E-state index in [9.17, 15) is 13.2 Å². The fraction of sp³-hybridized carbons (Fsp3) is 0.529. The fourth-order valence-electron chi connectivity index (χ4n) is 3.12. The van der Waals surface area contributed by atoms with Gasteiger partial charge in [0.15, 0.2) is 15.0 Å². The van der Waals surface area contributed by atoms with Crippen molar-refractivity contribution in [2.24, 2.45) is 4.99 Å². The monoisotopic (exact) mass is 400 g/mol. The molecule has 1 aromatic rings. The van der Waals surface area contributed by atoms with Crippen molar-refractivity contribution in [3.63, 3.8) is 0 Å². The first-order valence-electron chi connectivity index (χ1n) is 8.38. The lowest BCUT2D eigenvalue weighted by Gasteiger charge is -2.25. The van der Waals surface area contributed by atoms with Crippen molar-refractivity contribution in [1.29, 1.82) is 0 Å². The van der Waals surface area contributed by atoms with E-state index < -0.39 is 9.84 Å². The highest BCUT2D eigenvalue weighted by atomic mass is 35.5. The Morgan fingerprint density at radius 1 is 1.36 bits per heavy atom. The van der Waals surface area contributed by atoms with Gasteiger partial charge in [0.05, 0.1) is 17.5 Å². The highest BCUT2D eigenvalue weighted by Gasteiger charge is 2.48. The minimum absolute atomic E-state index is 0.0646. The number of amides is 1. The minimum Gasteiger partial charge on any atom is -0.342 e. The molecule has 1 amide bonds. The summed E-state index contributed by atoms with van der Waals surface area (Å²) in [6, 6.07) is 7.34. The number of carbonyl (C=O) groups is 1. The van der Waals surface area contributed by atoms with Gasteiger partial charge in [-0.1, -0.05) is 54.9 Å². The second-order valence-electron chi connectivity index (χ2n) is 6.41. The highest BCUT2D eigenvalue weighted by Crippen LogP contribution is 2.39. The summed E-state index contributed by atoms with van der Waals surface area (Å²) in [6.07, 6.45) is 2.18. The van der Waals surface area contributed by atoms with E-state index >= 15 is 0 Å². The highest BCUT2D eigenvalue weighted by molar-refractivity contribution is 8.15. The molecule has 25 heavy (non-hydrogen) atoms. The predicted octanol–water partition coefficient (Wildman–Crippen LogP) is 3.13. The van der Waals surface area contributed by atoms with E-state index in [-0.39, 0.29) is 28.7 Å². The predicted molar refractivity (Wildman–Crippen MR) is 103 cm³/mol. The lowest BCUT2D eigenvalue weighted by atomic mass is 10.1. The van der Waals surface area contributed by atoms with E-state index in [4.69, 9.17) is 11.6 Å². The Bertz CT molecular complexity index is 795. The Hall–Kier alpha value is -1.05. The molecule has 2 fully saturated rings. The molecule has 2 saturated heterocycles. The van der Waals surface area contributed by atoms with Crippen LogP contribution in [-0.2, 0) is 21.2 Å². The van der Waals surface area contributed by atoms with Crippen molar-refractivity contribution in [1.82, 2.24) is 4.90 Å². The Kier molecular flexibility index (Phi) is 5.75. The molecule has 8 heteroatoms. The van der Waals surface area contributed by atoms with Crippen molar-refractivity contribution in [3.05, 3.63) is 34.9 Å². The molecule has 2 atom stereocenters. The number of rotatable bonds is 5. The van der Waals surface area contributed by atoms with E-state index in [0.717, 1.165) is 18.4 Å². The average Bonchev–Trinajstić information content (AvgIpc) is 3.00. The van der Waals surface area contributed by atoms with Gasteiger partial charge in [0.25, 0.3) is 0 Å². The van der Waals surface area contributed by atoms with E-state index in [1.54, 1.807) is 0 Å². The minimum atomic E-state index is -3.04. The Morgan fingerprint density at radius 2 is 2.12 bits per heavy atom. The lowest BCUT2D eigenvalue weighted by Crippen LogP contribution is -2.37. The quantitative estimate of drug-likeness (QED) is 0.759. The maximum atomic E-state index is 12.1. The van der Waals surface area contributed by atoms with Crippen LogP contribution < -0.4 is 0 Å². The molecule has 5 nitrogen and oxygen atoms in total. The molecule has 0 unspecified atom stereocenters. The van der Waals surface area contributed by atoms with Gasteiger partial charge in [-0.2, -0.15) is 4.99 Å². The van der Waals surface area contributed by atoms with Crippen LogP contribution in [0.15, 0.2) is 29.3 Å². The maximum Gasteiger partial charge on any atom is 0.248 e. The molecule has 0 spiro atoms. The molecule has 0 bridgehead atoms. The molecular weight excluding hydrogens is 380 g/mol. The average molecular weight is 401 g/mol. The second-order valence-corrected chi connectivity index (χ2v) is 10.2. The van der Waals surface area contributed by atoms with Crippen LogP contribution in [0, 0.1) is 0 Å². The molecule has 1 aromatic carbocycles. The van der Waals surface area contributed by atoms with Gasteiger partial charge in [0, 0.05) is 23.2 Å². The topological polar surface area (TPSA) is 66.8 Å². The van der Waals surface area contributed by atoms with Crippen molar-refractivity contribution in [3.8, 4) is 0 Å². The Morgan fingerprint density at radius 3 is 2.84 bits per heavy atom. The number of amidine groups is 1. The van der Waals surface area contributed by atoms with Gasteiger partial charge in [-0.15, -0.1) is 0 Å². The fourth-order valence-corrected chi connectivity index (χ4v) is 7.29. The number of thioether (sulfide) groups is 1. The number of hydrogen-bond donors (Lipinski definition) is 0. The van der Waals surface area contributed by atoms with Gasteiger partial charge in [0.2, 0.25) is 5.91 Å². The number of halogens is 1. The third kappa shape index (κ3) is 4.38. The third-order valence-corrected chi connectivity index (χ3v) is 8.05. The first-order valence-corrected chi connectivity index (χ1v) is 11.5. The molecule has 0 radical (unpaired) electrons. The first kappa shape index (κ1) is 18.7. The van der Waals surface area contributed by atoms with E-state index in [1.807, 2.05) is 36.1 Å². The zero-order valence-corrected chi connectivity index (χ0v) is 16.4. The summed E-state index contributed by atoms with van der Waals surface area (Å²) in [5.41, 5.74) is 0.906. The van der Waals surface area contributed by atoms with Crippen molar-refractivity contribution in [2.75, 3.05) is 11.5 Å². The van der Waals surface area contributed by atoms with Gasteiger partial charge in [-0.25, -0.2) is 8.42 Å². The van der Waals surface area contributed by atoms with E-state index in [2.05, 4.69) is 4.99 Å². The van der Waals surface area contributed by atoms with Crippen LogP contribution in [0.5, 0.6) is 0 Å². The summed E-state index contributed by atoms with van der Waals surface area (Å²) in [5.74, 6) is 0.109. The van der Waals surface area contributed by atoms with E-state index in [1.165, 1.54) is 11.8 Å². The molecule has 0 saturated carbocycles. The Labute approximate surface area is 157 Å². The van der Waals surface area contributed by atoms with Crippen LogP contribution in [0.1, 0.15) is 31.7 Å². The van der Waals surface area contributed by atoms with Crippen LogP contribution >= 0.6 is 23.4 Å². The number of sulfone groups is 1. The van der Waals surface area contributed by atoms with Crippen LogP contribution in [0.25, 0.3) is 0 Å². The molecule has 136 valence electrons. The normalized spacial score (nSPS) is 26.2. The van der Waals surface area contributed by atoms with Crippen molar-refractivity contribution >= 4 is 44.3 Å². The summed E-state index contributed by atoms with van der Waals surface area (Å²) in [6.45, 7) is 2.49. The number of aliphatic imine (C=N–C) groups is 1. The summed E-state index contributed by atoms with van der Waals surface area (Å²) in [7, 11) is -3.04. The molecule has 3 rings (SSSR count). The Balaban J connectivity index is 1.86. The summed E-state index contributed by atoms with van der Waals surface area (Å²) < 4.78 is 24.0. The van der Waals surface area contributed by atoms with E-state index in [0.29, 0.717) is 23.2 Å². The molecule has 0 aromatic heterocycles. The standard InChI is InChI=1S/C17H21ClN2O3S2/c1-2-3-8-16(21)19-17-20(9-12-6-4-5-7-13(12)18)14-10-25(22,23)11-15(14)24-17/h4-7,14-15H,2-3,8-11H2,1H3/t14-,15-/m1/s1. The summed E-state index contributed by atoms with van der Waals surface area (Å²) >= 11 is 7.68. The number of carbonyl (C=O) groups excluding carboxylic acids is 1. The van der Waals surface area contributed by atoms with Crippen LogP contribution in [0.2, 0.25) is 5.02 Å².